The molecule has 0 saturated heterocycles. The smallest absolute Gasteiger partial charge is 0.326 e. The first-order valence-electron chi connectivity index (χ1n) is 4.73. The predicted molar refractivity (Wildman–Crippen MR) is 58.1 cm³/mol. The van der Waals surface area contributed by atoms with Crippen LogP contribution in [0.1, 0.15) is 0 Å². The molecule has 0 aliphatic carbocycles. The van der Waals surface area contributed by atoms with E-state index in [2.05, 4.69) is 4.98 Å². The SMILES string of the molecule is O=C(O)Cn1cc(-c2ccccc2)[nH]c1=O. The molecular weight excluding hydrogens is 208 g/mol. The first-order chi connectivity index (χ1) is 7.66. The van der Waals surface area contributed by atoms with Gasteiger partial charge < -0.3 is 10.1 Å². The molecule has 2 aromatic rings. The Labute approximate surface area is 91.0 Å². The number of carboxylic acids is 1. The number of nitrogens with one attached hydrogen (secondary N) is 1. The van der Waals surface area contributed by atoms with E-state index in [1.165, 1.54) is 6.20 Å². The second kappa shape index (κ2) is 4.06. The van der Waals surface area contributed by atoms with Crippen LogP contribution in [-0.4, -0.2) is 20.6 Å². The molecule has 1 heterocycles. The molecule has 0 atom stereocenters. The number of imidazole rings is 1. The second-order valence-corrected chi connectivity index (χ2v) is 3.36. The highest BCUT2D eigenvalue weighted by atomic mass is 16.4. The molecule has 82 valence electrons. The average molecular weight is 218 g/mol. The van der Waals surface area contributed by atoms with Gasteiger partial charge in [-0.1, -0.05) is 30.3 Å². The van der Waals surface area contributed by atoms with Gasteiger partial charge in [0.2, 0.25) is 0 Å². The molecule has 5 nitrogen and oxygen atoms in total. The highest BCUT2D eigenvalue weighted by molar-refractivity contribution is 5.67. The van der Waals surface area contributed by atoms with Crippen molar-refractivity contribution in [2.75, 3.05) is 0 Å². The Balaban J connectivity index is 2.38. The number of aliphatic carboxylic acids is 1. The summed E-state index contributed by atoms with van der Waals surface area (Å²) in [5.74, 6) is -1.04. The molecule has 0 fully saturated rings. The molecule has 1 aromatic carbocycles. The Morgan fingerprint density at radius 3 is 2.62 bits per heavy atom. The Bertz CT molecular complexity index is 554. The lowest BCUT2D eigenvalue weighted by molar-refractivity contribution is -0.137. The first kappa shape index (κ1) is 10.2. The zero-order valence-electron chi connectivity index (χ0n) is 8.38. The summed E-state index contributed by atoms with van der Waals surface area (Å²) in [5, 5.41) is 8.60. The molecule has 0 aliphatic rings. The number of carbonyl (C=O) groups is 1. The molecule has 1 aromatic heterocycles. The summed E-state index contributed by atoms with van der Waals surface area (Å²) < 4.78 is 1.13. The third-order valence-corrected chi connectivity index (χ3v) is 2.18. The maximum absolute atomic E-state index is 11.4. The van der Waals surface area contributed by atoms with Crippen molar-refractivity contribution in [3.8, 4) is 11.3 Å². The summed E-state index contributed by atoms with van der Waals surface area (Å²) in [6.07, 6.45) is 1.51. The monoisotopic (exact) mass is 218 g/mol. The van der Waals surface area contributed by atoms with Gasteiger partial charge in [-0.05, 0) is 5.56 Å². The molecule has 2 rings (SSSR count). The van der Waals surface area contributed by atoms with E-state index >= 15 is 0 Å². The van der Waals surface area contributed by atoms with Crippen molar-refractivity contribution < 1.29 is 9.90 Å². The highest BCUT2D eigenvalue weighted by Crippen LogP contribution is 2.14. The number of aromatic amines is 1. The lowest BCUT2D eigenvalue weighted by Gasteiger charge is -1.95. The van der Waals surface area contributed by atoms with Crippen LogP contribution >= 0.6 is 0 Å². The molecule has 0 saturated carbocycles. The van der Waals surface area contributed by atoms with E-state index in [4.69, 9.17) is 5.11 Å². The van der Waals surface area contributed by atoms with E-state index in [-0.39, 0.29) is 6.54 Å². The summed E-state index contributed by atoms with van der Waals surface area (Å²) in [6.45, 7) is -0.331. The molecule has 2 N–H and O–H groups in total. The number of rotatable bonds is 3. The van der Waals surface area contributed by atoms with Crippen LogP contribution in [0, 0.1) is 0 Å². The van der Waals surface area contributed by atoms with Gasteiger partial charge in [0.1, 0.15) is 6.54 Å². The predicted octanol–water partition coefficient (Wildman–Crippen LogP) is 0.928. The number of H-pyrrole nitrogens is 1. The van der Waals surface area contributed by atoms with E-state index in [0.717, 1.165) is 10.1 Å². The van der Waals surface area contributed by atoms with Crippen molar-refractivity contribution in [2.45, 2.75) is 6.54 Å². The van der Waals surface area contributed by atoms with Gasteiger partial charge in [0.05, 0.1) is 5.69 Å². The topological polar surface area (TPSA) is 75.1 Å². The molecule has 0 spiro atoms. The minimum absolute atomic E-state index is 0.331. The van der Waals surface area contributed by atoms with E-state index < -0.39 is 11.7 Å². The fourth-order valence-electron chi connectivity index (χ4n) is 1.46. The summed E-state index contributed by atoms with van der Waals surface area (Å²) in [4.78, 5) is 24.5. The van der Waals surface area contributed by atoms with Gasteiger partial charge in [0.15, 0.2) is 0 Å². The molecule has 16 heavy (non-hydrogen) atoms. The lowest BCUT2D eigenvalue weighted by atomic mass is 10.2. The molecule has 0 aliphatic heterocycles. The van der Waals surface area contributed by atoms with Crippen molar-refractivity contribution in [3.63, 3.8) is 0 Å². The quantitative estimate of drug-likeness (QED) is 0.804. The van der Waals surface area contributed by atoms with Crippen molar-refractivity contribution in [1.29, 1.82) is 0 Å². The van der Waals surface area contributed by atoms with Gasteiger partial charge in [-0.25, -0.2) is 4.79 Å². The second-order valence-electron chi connectivity index (χ2n) is 3.36. The van der Waals surface area contributed by atoms with Crippen LogP contribution in [0.15, 0.2) is 41.3 Å². The summed E-state index contributed by atoms with van der Waals surface area (Å²) in [7, 11) is 0. The maximum atomic E-state index is 11.4. The van der Waals surface area contributed by atoms with Gasteiger partial charge in [-0.3, -0.25) is 9.36 Å². The molecule has 0 unspecified atom stereocenters. The van der Waals surface area contributed by atoms with Gasteiger partial charge in [-0.2, -0.15) is 0 Å². The zero-order chi connectivity index (χ0) is 11.5. The Morgan fingerprint density at radius 1 is 1.31 bits per heavy atom. The van der Waals surface area contributed by atoms with E-state index in [0.29, 0.717) is 5.69 Å². The fourth-order valence-corrected chi connectivity index (χ4v) is 1.46. The van der Waals surface area contributed by atoms with Crippen LogP contribution in [-0.2, 0) is 11.3 Å². The number of nitrogens with zero attached hydrogens (tertiary/aromatic N) is 1. The van der Waals surface area contributed by atoms with Crippen LogP contribution in [0.25, 0.3) is 11.3 Å². The van der Waals surface area contributed by atoms with Crippen molar-refractivity contribution in [2.24, 2.45) is 0 Å². The van der Waals surface area contributed by atoms with Crippen molar-refractivity contribution in [3.05, 3.63) is 47.0 Å². The maximum Gasteiger partial charge on any atom is 0.326 e. The zero-order valence-corrected chi connectivity index (χ0v) is 8.38. The van der Waals surface area contributed by atoms with E-state index in [1.54, 1.807) is 0 Å². The molecule has 0 amide bonds. The molecular formula is C11H10N2O3. The number of hydrogen-bond donors (Lipinski definition) is 2. The van der Waals surface area contributed by atoms with Crippen LogP contribution in [0.4, 0.5) is 0 Å². The standard InChI is InChI=1S/C11H10N2O3/c14-10(15)7-13-6-9(12-11(13)16)8-4-2-1-3-5-8/h1-6H,7H2,(H,12,16)(H,14,15). The normalized spacial score (nSPS) is 10.2. The third kappa shape index (κ3) is 2.03. The lowest BCUT2D eigenvalue weighted by Crippen LogP contribution is -2.20. The Hall–Kier alpha value is -2.30. The summed E-state index contributed by atoms with van der Waals surface area (Å²) in [6, 6.07) is 9.26. The van der Waals surface area contributed by atoms with E-state index in [1.807, 2.05) is 30.3 Å². The highest BCUT2D eigenvalue weighted by Gasteiger charge is 2.07. The minimum atomic E-state index is -1.04. The van der Waals surface area contributed by atoms with Crippen LogP contribution < -0.4 is 5.69 Å². The first-order valence-corrected chi connectivity index (χ1v) is 4.73. The van der Waals surface area contributed by atoms with Crippen molar-refractivity contribution in [1.82, 2.24) is 9.55 Å². The number of hydrogen-bond acceptors (Lipinski definition) is 2. The Morgan fingerprint density at radius 2 is 2.00 bits per heavy atom. The van der Waals surface area contributed by atoms with Crippen molar-refractivity contribution >= 4 is 5.97 Å². The number of aromatic nitrogens is 2. The molecule has 5 heteroatoms. The average Bonchev–Trinajstić information content (AvgIpc) is 2.61. The minimum Gasteiger partial charge on any atom is -0.480 e. The molecule has 0 radical (unpaired) electrons. The van der Waals surface area contributed by atoms with Crippen LogP contribution in [0.2, 0.25) is 0 Å². The molecule has 0 bridgehead atoms. The van der Waals surface area contributed by atoms with Gasteiger partial charge >= 0.3 is 11.7 Å². The fraction of sp³-hybridized carbons (Fsp3) is 0.0909. The van der Waals surface area contributed by atoms with Gasteiger partial charge in [-0.15, -0.1) is 0 Å². The number of benzene rings is 1. The largest absolute Gasteiger partial charge is 0.480 e. The third-order valence-electron chi connectivity index (χ3n) is 2.18. The summed E-state index contributed by atoms with van der Waals surface area (Å²) in [5.41, 5.74) is 1.05. The summed E-state index contributed by atoms with van der Waals surface area (Å²) >= 11 is 0. The van der Waals surface area contributed by atoms with Crippen LogP contribution in [0.5, 0.6) is 0 Å². The van der Waals surface area contributed by atoms with E-state index in [9.17, 15) is 9.59 Å². The number of carboxylic acid groups (broad SMARTS) is 1. The Kier molecular flexibility index (Phi) is 2.59. The van der Waals surface area contributed by atoms with Crippen LogP contribution in [0.3, 0.4) is 0 Å². The van der Waals surface area contributed by atoms with Gasteiger partial charge in [0, 0.05) is 6.20 Å². The van der Waals surface area contributed by atoms with Gasteiger partial charge in [0.25, 0.3) is 0 Å².